The Morgan fingerprint density at radius 2 is 1.93 bits per heavy atom. The average molecular weight is 373 g/mol. The summed E-state index contributed by atoms with van der Waals surface area (Å²) in [4.78, 5) is 39.3. The van der Waals surface area contributed by atoms with Gasteiger partial charge in [-0.25, -0.2) is 4.79 Å². The molecule has 1 heterocycles. The van der Waals surface area contributed by atoms with Gasteiger partial charge in [0, 0.05) is 19.5 Å². The van der Waals surface area contributed by atoms with Crippen molar-refractivity contribution in [3.8, 4) is 0 Å². The highest BCUT2D eigenvalue weighted by Gasteiger charge is 2.09. The molecule has 0 spiro atoms. The molecule has 0 aliphatic heterocycles. The van der Waals surface area contributed by atoms with Gasteiger partial charge in [-0.2, -0.15) is 0 Å². The van der Waals surface area contributed by atoms with Crippen molar-refractivity contribution in [3.63, 3.8) is 0 Å². The first-order valence-corrected chi connectivity index (χ1v) is 10.0. The van der Waals surface area contributed by atoms with E-state index in [1.165, 1.54) is 17.4 Å². The molecule has 0 saturated heterocycles. The lowest BCUT2D eigenvalue weighted by molar-refractivity contribution is -0.121. The molecule has 1 amide bonds. The van der Waals surface area contributed by atoms with Crippen LogP contribution in [0.5, 0.6) is 0 Å². The molecule has 148 valence electrons. The zero-order valence-corrected chi connectivity index (χ0v) is 16.4. The van der Waals surface area contributed by atoms with Crippen LogP contribution in [-0.2, 0) is 11.3 Å². The maximum atomic E-state index is 12.4. The number of aromatic amines is 1. The first kappa shape index (κ1) is 20.9. The van der Waals surface area contributed by atoms with Crippen LogP contribution in [0.25, 0.3) is 10.9 Å². The largest absolute Gasteiger partial charge is 0.356 e. The summed E-state index contributed by atoms with van der Waals surface area (Å²) in [5, 5.41) is 3.52. The number of hydrogen-bond acceptors (Lipinski definition) is 3. The molecular weight excluding hydrogens is 342 g/mol. The summed E-state index contributed by atoms with van der Waals surface area (Å²) in [6, 6.07) is 6.99. The van der Waals surface area contributed by atoms with Crippen LogP contribution in [0.1, 0.15) is 58.8 Å². The topological polar surface area (TPSA) is 84.0 Å². The number of nitrogens with one attached hydrogen (secondary N) is 2. The summed E-state index contributed by atoms with van der Waals surface area (Å²) in [5.41, 5.74) is -0.123. The third-order valence-electron chi connectivity index (χ3n) is 5.06. The highest BCUT2D eigenvalue weighted by atomic mass is 16.2. The number of para-hydroxylation sites is 1. The number of carbonyl (C=O) groups excluding carboxylic acids is 1. The summed E-state index contributed by atoms with van der Waals surface area (Å²) in [6.45, 7) is 5.39. The molecule has 1 aromatic heterocycles. The molecule has 2 aromatic rings. The van der Waals surface area contributed by atoms with Gasteiger partial charge < -0.3 is 10.3 Å². The number of benzene rings is 1. The van der Waals surface area contributed by atoms with Gasteiger partial charge in [-0.05, 0) is 37.3 Å². The Balaban J connectivity index is 1.80. The Bertz CT molecular complexity index is 854. The van der Waals surface area contributed by atoms with Crippen LogP contribution in [0.2, 0.25) is 0 Å². The molecule has 2 rings (SSSR count). The lowest BCUT2D eigenvalue weighted by Gasteiger charge is -2.15. The minimum absolute atomic E-state index is 0.0460. The second-order valence-electron chi connectivity index (χ2n) is 7.11. The predicted molar refractivity (Wildman–Crippen MR) is 109 cm³/mol. The molecule has 0 aliphatic carbocycles. The third kappa shape index (κ3) is 6.08. The number of carbonyl (C=O) groups is 1. The van der Waals surface area contributed by atoms with Crippen molar-refractivity contribution < 1.29 is 4.79 Å². The minimum Gasteiger partial charge on any atom is -0.356 e. The summed E-state index contributed by atoms with van der Waals surface area (Å²) >= 11 is 0. The zero-order chi connectivity index (χ0) is 19.6. The average Bonchev–Trinajstić information content (AvgIpc) is 2.67. The van der Waals surface area contributed by atoms with Gasteiger partial charge in [-0.15, -0.1) is 0 Å². The standard InChI is InChI=1S/C21H31N3O3/c1-3-5-10-16(4-2)15-22-19(25)13-8-9-14-24-20(26)17-11-6-7-12-18(17)23-21(24)27/h6-7,11-12,16H,3-5,8-10,13-15H2,1-2H3,(H,22,25)(H,23,27)/t16-/m1/s1. The number of rotatable bonds is 11. The van der Waals surface area contributed by atoms with Gasteiger partial charge in [0.25, 0.3) is 5.56 Å². The second kappa shape index (κ2) is 10.7. The highest BCUT2D eigenvalue weighted by Crippen LogP contribution is 2.11. The molecular formula is C21H31N3O3. The fraction of sp³-hybridized carbons (Fsp3) is 0.571. The first-order chi connectivity index (χ1) is 13.1. The molecule has 0 radical (unpaired) electrons. The van der Waals surface area contributed by atoms with E-state index in [0.717, 1.165) is 19.4 Å². The van der Waals surface area contributed by atoms with E-state index in [9.17, 15) is 14.4 Å². The molecule has 0 bridgehead atoms. The van der Waals surface area contributed by atoms with Crippen LogP contribution in [0, 0.1) is 5.92 Å². The third-order valence-corrected chi connectivity index (χ3v) is 5.06. The number of unbranched alkanes of at least 4 members (excludes halogenated alkanes) is 2. The van der Waals surface area contributed by atoms with Crippen molar-refractivity contribution in [2.24, 2.45) is 5.92 Å². The fourth-order valence-corrected chi connectivity index (χ4v) is 3.25. The van der Waals surface area contributed by atoms with Crippen LogP contribution in [0.3, 0.4) is 0 Å². The molecule has 2 N–H and O–H groups in total. The monoisotopic (exact) mass is 373 g/mol. The van der Waals surface area contributed by atoms with E-state index in [1.54, 1.807) is 24.3 Å². The van der Waals surface area contributed by atoms with Gasteiger partial charge >= 0.3 is 5.69 Å². The predicted octanol–water partition coefficient (Wildman–Crippen LogP) is 3.19. The molecule has 0 unspecified atom stereocenters. The van der Waals surface area contributed by atoms with Crippen LogP contribution in [-0.4, -0.2) is 22.0 Å². The van der Waals surface area contributed by atoms with Crippen molar-refractivity contribution in [2.75, 3.05) is 6.54 Å². The van der Waals surface area contributed by atoms with Crippen LogP contribution >= 0.6 is 0 Å². The molecule has 0 fully saturated rings. The second-order valence-corrected chi connectivity index (χ2v) is 7.11. The number of nitrogens with zero attached hydrogens (tertiary/aromatic N) is 1. The Labute approximate surface area is 160 Å². The van der Waals surface area contributed by atoms with Crippen molar-refractivity contribution in [3.05, 3.63) is 45.1 Å². The molecule has 6 nitrogen and oxygen atoms in total. The van der Waals surface area contributed by atoms with E-state index in [0.29, 0.717) is 42.6 Å². The molecule has 27 heavy (non-hydrogen) atoms. The maximum absolute atomic E-state index is 12.4. The van der Waals surface area contributed by atoms with Crippen LogP contribution in [0.15, 0.2) is 33.9 Å². The summed E-state index contributed by atoms with van der Waals surface area (Å²) in [7, 11) is 0. The van der Waals surface area contributed by atoms with Gasteiger partial charge in [0.05, 0.1) is 10.9 Å². The number of fused-ring (bicyclic) bond motifs is 1. The van der Waals surface area contributed by atoms with Gasteiger partial charge in [0.15, 0.2) is 0 Å². The summed E-state index contributed by atoms with van der Waals surface area (Å²) in [6.07, 6.45) is 6.29. The Morgan fingerprint density at radius 3 is 2.67 bits per heavy atom. The van der Waals surface area contributed by atoms with E-state index in [2.05, 4.69) is 24.1 Å². The molecule has 1 aromatic carbocycles. The Kier molecular flexibility index (Phi) is 8.30. The Morgan fingerprint density at radius 1 is 1.15 bits per heavy atom. The SMILES string of the molecule is CCCC[C@@H](CC)CNC(=O)CCCCn1c(=O)[nH]c2ccccc2c1=O. The molecule has 6 heteroatoms. The lowest BCUT2D eigenvalue weighted by atomic mass is 9.99. The van der Waals surface area contributed by atoms with Gasteiger partial charge in [-0.1, -0.05) is 45.2 Å². The van der Waals surface area contributed by atoms with E-state index in [4.69, 9.17) is 0 Å². The zero-order valence-electron chi connectivity index (χ0n) is 16.4. The number of H-pyrrole nitrogens is 1. The molecule has 1 atom stereocenters. The highest BCUT2D eigenvalue weighted by molar-refractivity contribution is 5.77. The number of hydrogen-bond donors (Lipinski definition) is 2. The van der Waals surface area contributed by atoms with Crippen molar-refractivity contribution in [1.82, 2.24) is 14.9 Å². The van der Waals surface area contributed by atoms with Gasteiger partial charge in [0.2, 0.25) is 5.91 Å². The lowest BCUT2D eigenvalue weighted by Crippen LogP contribution is -2.35. The Hall–Kier alpha value is -2.37. The quantitative estimate of drug-likeness (QED) is 0.593. The normalized spacial score (nSPS) is 12.2. The van der Waals surface area contributed by atoms with E-state index >= 15 is 0 Å². The van der Waals surface area contributed by atoms with Crippen LogP contribution in [0.4, 0.5) is 0 Å². The van der Waals surface area contributed by atoms with E-state index in [-0.39, 0.29) is 11.5 Å². The van der Waals surface area contributed by atoms with E-state index < -0.39 is 5.69 Å². The maximum Gasteiger partial charge on any atom is 0.328 e. The smallest absolute Gasteiger partial charge is 0.328 e. The fourth-order valence-electron chi connectivity index (χ4n) is 3.25. The van der Waals surface area contributed by atoms with Gasteiger partial charge in [0.1, 0.15) is 0 Å². The number of amides is 1. The van der Waals surface area contributed by atoms with Crippen molar-refractivity contribution in [2.45, 2.75) is 65.3 Å². The van der Waals surface area contributed by atoms with Gasteiger partial charge in [-0.3, -0.25) is 14.2 Å². The number of aromatic nitrogens is 2. The van der Waals surface area contributed by atoms with E-state index in [1.807, 2.05) is 0 Å². The summed E-state index contributed by atoms with van der Waals surface area (Å²) < 4.78 is 1.22. The van der Waals surface area contributed by atoms with Crippen molar-refractivity contribution in [1.29, 1.82) is 0 Å². The minimum atomic E-state index is -0.398. The van der Waals surface area contributed by atoms with Crippen molar-refractivity contribution >= 4 is 16.8 Å². The molecule has 0 aliphatic rings. The first-order valence-electron chi connectivity index (χ1n) is 10.0. The summed E-state index contributed by atoms with van der Waals surface area (Å²) in [5.74, 6) is 0.591. The van der Waals surface area contributed by atoms with Crippen LogP contribution < -0.4 is 16.6 Å². The molecule has 0 saturated carbocycles.